The van der Waals surface area contributed by atoms with Crippen molar-refractivity contribution in [3.05, 3.63) is 47.2 Å². The second-order valence-electron chi connectivity index (χ2n) is 3.36. The number of hydroxylamine groups is 1. The van der Waals surface area contributed by atoms with Gasteiger partial charge in [-0.15, -0.1) is 0 Å². The number of sulfonamides is 1. The van der Waals surface area contributed by atoms with Gasteiger partial charge >= 0.3 is 15.5 Å². The topological polar surface area (TPSA) is 60.4 Å². The average Bonchev–Trinajstić information content (AvgIpc) is 2.28. The van der Waals surface area contributed by atoms with Gasteiger partial charge in [-0.3, -0.25) is 4.47 Å². The first kappa shape index (κ1) is 14.7. The van der Waals surface area contributed by atoms with Crippen molar-refractivity contribution in [1.29, 1.82) is 0 Å². The lowest BCUT2D eigenvalue weighted by Gasteiger charge is -2.27. The molecule has 100 valence electrons. The highest BCUT2D eigenvalue weighted by atomic mass is 32.2. The first-order valence-corrected chi connectivity index (χ1v) is 6.10. The van der Waals surface area contributed by atoms with Gasteiger partial charge in [-0.1, -0.05) is 36.9 Å². The molecule has 0 atom stereocenters. The summed E-state index contributed by atoms with van der Waals surface area (Å²) in [6.07, 6.45) is 1.51. The Kier molecular flexibility index (Phi) is 4.15. The number of halogens is 3. The lowest BCUT2D eigenvalue weighted by atomic mass is 10.1. The van der Waals surface area contributed by atoms with Crippen LogP contribution in [0.2, 0.25) is 0 Å². The largest absolute Gasteiger partial charge is 0.772 e. The molecule has 0 aliphatic heterocycles. The van der Waals surface area contributed by atoms with E-state index in [4.69, 9.17) is 0 Å². The van der Waals surface area contributed by atoms with E-state index in [9.17, 15) is 26.8 Å². The van der Waals surface area contributed by atoms with E-state index >= 15 is 0 Å². The molecule has 0 aliphatic carbocycles. The molecule has 0 aliphatic rings. The summed E-state index contributed by atoms with van der Waals surface area (Å²) < 4.78 is 56.7. The summed E-state index contributed by atoms with van der Waals surface area (Å²) in [5.74, 6) is 0. The average molecular weight is 280 g/mol. The monoisotopic (exact) mass is 280 g/mol. The third-order valence-corrected chi connectivity index (χ3v) is 3.34. The lowest BCUT2D eigenvalue weighted by molar-refractivity contribution is -0.0479. The second-order valence-corrected chi connectivity index (χ2v) is 5.18. The Morgan fingerprint density at radius 3 is 2.17 bits per heavy atom. The van der Waals surface area contributed by atoms with E-state index < -0.39 is 26.5 Å². The summed E-state index contributed by atoms with van der Waals surface area (Å²) >= 11 is 0. The molecule has 0 saturated carbocycles. The number of benzene rings is 1. The molecular formula is C10H9F3NO3S-. The molecule has 0 spiro atoms. The molecule has 0 radical (unpaired) electrons. The Balaban J connectivity index is 2.88. The van der Waals surface area contributed by atoms with E-state index in [1.54, 1.807) is 0 Å². The Hall–Kier alpha value is -1.38. The smallest absolute Gasteiger partial charge is 0.510 e. The fourth-order valence-electron chi connectivity index (χ4n) is 1.11. The molecule has 1 aromatic carbocycles. The van der Waals surface area contributed by atoms with Gasteiger partial charge < -0.3 is 5.21 Å². The Morgan fingerprint density at radius 1 is 1.28 bits per heavy atom. The minimum Gasteiger partial charge on any atom is -0.772 e. The quantitative estimate of drug-likeness (QED) is 0.796. The van der Waals surface area contributed by atoms with Crippen LogP contribution in [-0.4, -0.2) is 18.4 Å². The van der Waals surface area contributed by atoms with Gasteiger partial charge in [-0.2, -0.15) is 13.2 Å². The molecule has 0 unspecified atom stereocenters. The standard InChI is InChI=1S/C10H9F3NO3S/c1-2-8-3-5-9(6-4-8)7-14(15)18(16,17)10(11,12)13/h2-6H,1,7H2/q-1. The fraction of sp³-hybridized carbons (Fsp3) is 0.200. The molecule has 0 bridgehead atoms. The van der Waals surface area contributed by atoms with Crippen LogP contribution in [0.25, 0.3) is 6.08 Å². The van der Waals surface area contributed by atoms with Crippen LogP contribution in [0.4, 0.5) is 13.2 Å². The molecule has 0 N–H and O–H groups in total. The molecule has 0 aromatic heterocycles. The number of hydrogen-bond donors (Lipinski definition) is 0. The van der Waals surface area contributed by atoms with Crippen molar-refractivity contribution in [3.8, 4) is 0 Å². The molecule has 8 heteroatoms. The van der Waals surface area contributed by atoms with E-state index in [1.807, 2.05) is 0 Å². The molecule has 1 aromatic rings. The summed E-state index contributed by atoms with van der Waals surface area (Å²) in [5, 5.41) is 11.0. The maximum Gasteiger partial charge on any atom is 0.510 e. The summed E-state index contributed by atoms with van der Waals surface area (Å²) in [6.45, 7) is 2.59. The third-order valence-electron chi connectivity index (χ3n) is 2.09. The normalized spacial score (nSPS) is 12.7. The van der Waals surface area contributed by atoms with E-state index in [1.165, 1.54) is 30.3 Å². The first-order chi connectivity index (χ1) is 8.18. The van der Waals surface area contributed by atoms with Crippen molar-refractivity contribution >= 4 is 16.1 Å². The first-order valence-electron chi connectivity index (χ1n) is 4.66. The molecule has 18 heavy (non-hydrogen) atoms. The van der Waals surface area contributed by atoms with Gasteiger partial charge in [-0.25, -0.2) is 8.42 Å². The van der Waals surface area contributed by atoms with Crippen molar-refractivity contribution < 1.29 is 21.6 Å². The molecular weight excluding hydrogens is 271 g/mol. The van der Waals surface area contributed by atoms with E-state index in [0.717, 1.165) is 0 Å². The highest BCUT2D eigenvalue weighted by molar-refractivity contribution is 7.90. The molecule has 1 rings (SSSR count). The zero-order chi connectivity index (χ0) is 14.0. The number of hydrogen-bond acceptors (Lipinski definition) is 3. The summed E-state index contributed by atoms with van der Waals surface area (Å²) in [4.78, 5) is 0. The SMILES string of the molecule is C=Cc1ccc(CN([O-])S(=O)(=O)C(F)(F)F)cc1. The minimum absolute atomic E-state index is 0.156. The molecule has 4 nitrogen and oxygen atoms in total. The van der Waals surface area contributed by atoms with Crippen LogP contribution in [0.15, 0.2) is 30.8 Å². The highest BCUT2D eigenvalue weighted by Gasteiger charge is 2.46. The summed E-state index contributed by atoms with van der Waals surface area (Å²) in [5.41, 5.74) is -4.73. The van der Waals surface area contributed by atoms with E-state index in [-0.39, 0.29) is 5.56 Å². The number of alkyl halides is 3. The molecule has 0 heterocycles. The Labute approximate surface area is 102 Å². The summed E-state index contributed by atoms with van der Waals surface area (Å²) in [7, 11) is -5.83. The van der Waals surface area contributed by atoms with Crippen LogP contribution in [0, 0.1) is 5.21 Å². The second kappa shape index (κ2) is 5.09. The van der Waals surface area contributed by atoms with Gasteiger partial charge in [0.25, 0.3) is 0 Å². The van der Waals surface area contributed by atoms with Gasteiger partial charge in [0.2, 0.25) is 0 Å². The van der Waals surface area contributed by atoms with E-state index in [2.05, 4.69) is 6.58 Å². The fourth-order valence-corrected chi connectivity index (χ4v) is 1.66. The third kappa shape index (κ3) is 3.09. The van der Waals surface area contributed by atoms with Crippen LogP contribution in [0.5, 0.6) is 0 Å². The van der Waals surface area contributed by atoms with Crippen molar-refractivity contribution in [2.45, 2.75) is 12.1 Å². The van der Waals surface area contributed by atoms with Crippen molar-refractivity contribution in [2.24, 2.45) is 0 Å². The van der Waals surface area contributed by atoms with Gasteiger partial charge in [0.05, 0.1) is 0 Å². The van der Waals surface area contributed by atoms with Crippen LogP contribution < -0.4 is 0 Å². The molecule has 0 fully saturated rings. The lowest BCUT2D eigenvalue weighted by Crippen LogP contribution is -2.36. The van der Waals surface area contributed by atoms with Gasteiger partial charge in [0.1, 0.15) is 0 Å². The summed E-state index contributed by atoms with van der Waals surface area (Å²) in [6, 6.07) is 5.73. The van der Waals surface area contributed by atoms with Crippen molar-refractivity contribution in [1.82, 2.24) is 4.47 Å². The molecule has 0 amide bonds. The predicted molar refractivity (Wildman–Crippen MR) is 60.4 cm³/mol. The minimum atomic E-state index is -5.83. The predicted octanol–water partition coefficient (Wildman–Crippen LogP) is 2.48. The maximum atomic E-state index is 12.1. The van der Waals surface area contributed by atoms with Crippen LogP contribution >= 0.6 is 0 Å². The van der Waals surface area contributed by atoms with Gasteiger partial charge in [0.15, 0.2) is 0 Å². The Bertz CT molecular complexity index is 522. The highest BCUT2D eigenvalue weighted by Crippen LogP contribution is 2.27. The Morgan fingerprint density at radius 2 is 1.78 bits per heavy atom. The van der Waals surface area contributed by atoms with Gasteiger partial charge in [0, 0.05) is 6.54 Å². The maximum absolute atomic E-state index is 12.1. The number of nitrogens with zero attached hydrogens (tertiary/aromatic N) is 1. The van der Waals surface area contributed by atoms with E-state index in [0.29, 0.717) is 5.56 Å². The molecule has 0 saturated heterocycles. The van der Waals surface area contributed by atoms with Crippen molar-refractivity contribution in [2.75, 3.05) is 0 Å². The zero-order valence-electron chi connectivity index (χ0n) is 9.02. The van der Waals surface area contributed by atoms with Crippen LogP contribution in [0.1, 0.15) is 11.1 Å². The van der Waals surface area contributed by atoms with Crippen molar-refractivity contribution in [3.63, 3.8) is 0 Å². The number of rotatable bonds is 4. The zero-order valence-corrected chi connectivity index (χ0v) is 9.83. The van der Waals surface area contributed by atoms with Crippen LogP contribution in [0.3, 0.4) is 0 Å². The van der Waals surface area contributed by atoms with Gasteiger partial charge in [-0.05, 0) is 11.1 Å². The van der Waals surface area contributed by atoms with Crippen LogP contribution in [-0.2, 0) is 16.6 Å².